The molecule has 1 unspecified atom stereocenters. The Kier molecular flexibility index (Phi) is 3.96. The summed E-state index contributed by atoms with van der Waals surface area (Å²) >= 11 is 0. The van der Waals surface area contributed by atoms with Gasteiger partial charge in [-0.1, -0.05) is 26.7 Å². The minimum Gasteiger partial charge on any atom is -0.347 e. The number of aromatic amines is 1. The first-order valence-electron chi connectivity index (χ1n) is 5.02. The zero-order valence-electron chi connectivity index (χ0n) is 8.46. The molecule has 0 spiro atoms. The van der Waals surface area contributed by atoms with Gasteiger partial charge in [-0.2, -0.15) is 0 Å². The Bertz CT molecular complexity index is 214. The lowest BCUT2D eigenvalue weighted by Crippen LogP contribution is -2.16. The van der Waals surface area contributed by atoms with Crippen molar-refractivity contribution < 1.29 is 0 Å². The van der Waals surface area contributed by atoms with E-state index >= 15 is 0 Å². The number of nitrogens with one attached hydrogen (secondary N) is 1. The second kappa shape index (κ2) is 5.02. The standard InChI is InChI=1S/C10H19N3/c1-3-8(4-2)7-9(11)10-12-5-6-13-10/h5-6,8-9H,3-4,7,11H2,1-2H3,(H,12,13). The van der Waals surface area contributed by atoms with Gasteiger partial charge in [0, 0.05) is 12.4 Å². The molecule has 0 radical (unpaired) electrons. The van der Waals surface area contributed by atoms with Gasteiger partial charge in [0.1, 0.15) is 5.82 Å². The van der Waals surface area contributed by atoms with E-state index < -0.39 is 0 Å². The van der Waals surface area contributed by atoms with E-state index in [9.17, 15) is 0 Å². The summed E-state index contributed by atoms with van der Waals surface area (Å²) in [6.45, 7) is 4.42. The fourth-order valence-electron chi connectivity index (χ4n) is 1.57. The second-order valence-corrected chi connectivity index (χ2v) is 3.50. The smallest absolute Gasteiger partial charge is 0.123 e. The van der Waals surface area contributed by atoms with Crippen LogP contribution in [0.15, 0.2) is 12.4 Å². The highest BCUT2D eigenvalue weighted by molar-refractivity contribution is 4.94. The number of aromatic nitrogens is 2. The molecular formula is C10H19N3. The monoisotopic (exact) mass is 181 g/mol. The molecule has 3 nitrogen and oxygen atoms in total. The highest BCUT2D eigenvalue weighted by Crippen LogP contribution is 2.20. The zero-order chi connectivity index (χ0) is 9.68. The summed E-state index contributed by atoms with van der Waals surface area (Å²) in [5, 5.41) is 0. The van der Waals surface area contributed by atoms with Crippen molar-refractivity contribution in [2.75, 3.05) is 0 Å². The van der Waals surface area contributed by atoms with Crippen LogP contribution in [0, 0.1) is 5.92 Å². The lowest BCUT2D eigenvalue weighted by atomic mass is 9.95. The van der Waals surface area contributed by atoms with E-state index in [1.807, 2.05) is 6.20 Å². The molecule has 1 aromatic rings. The molecule has 74 valence electrons. The normalized spacial score (nSPS) is 13.5. The van der Waals surface area contributed by atoms with Gasteiger partial charge in [-0.05, 0) is 12.3 Å². The predicted octanol–water partition coefficient (Wildman–Crippen LogP) is 2.24. The third kappa shape index (κ3) is 2.84. The van der Waals surface area contributed by atoms with Crippen molar-refractivity contribution in [3.8, 4) is 0 Å². The van der Waals surface area contributed by atoms with Gasteiger partial charge in [0.2, 0.25) is 0 Å². The first kappa shape index (κ1) is 10.3. The van der Waals surface area contributed by atoms with Crippen LogP contribution in [0.4, 0.5) is 0 Å². The van der Waals surface area contributed by atoms with E-state index in [1.54, 1.807) is 6.20 Å². The number of rotatable bonds is 5. The van der Waals surface area contributed by atoms with Gasteiger partial charge in [-0.25, -0.2) is 4.98 Å². The molecular weight excluding hydrogens is 162 g/mol. The van der Waals surface area contributed by atoms with Crippen LogP contribution >= 0.6 is 0 Å². The van der Waals surface area contributed by atoms with Crippen molar-refractivity contribution in [1.29, 1.82) is 0 Å². The molecule has 0 fully saturated rings. The van der Waals surface area contributed by atoms with Gasteiger partial charge in [0.05, 0.1) is 6.04 Å². The molecule has 13 heavy (non-hydrogen) atoms. The zero-order valence-corrected chi connectivity index (χ0v) is 8.46. The van der Waals surface area contributed by atoms with Crippen molar-refractivity contribution in [2.45, 2.75) is 39.2 Å². The van der Waals surface area contributed by atoms with Gasteiger partial charge in [0.15, 0.2) is 0 Å². The molecule has 0 bridgehead atoms. The molecule has 1 heterocycles. The van der Waals surface area contributed by atoms with Crippen molar-refractivity contribution in [1.82, 2.24) is 9.97 Å². The predicted molar refractivity (Wildman–Crippen MR) is 54.2 cm³/mol. The summed E-state index contributed by atoms with van der Waals surface area (Å²) in [5.74, 6) is 1.63. The fourth-order valence-corrected chi connectivity index (χ4v) is 1.57. The van der Waals surface area contributed by atoms with Crippen LogP contribution in [0.2, 0.25) is 0 Å². The molecule has 0 aliphatic heterocycles. The summed E-state index contributed by atoms with van der Waals surface area (Å²) in [7, 11) is 0. The van der Waals surface area contributed by atoms with E-state index in [4.69, 9.17) is 5.73 Å². The van der Waals surface area contributed by atoms with Crippen molar-refractivity contribution in [3.05, 3.63) is 18.2 Å². The second-order valence-electron chi connectivity index (χ2n) is 3.50. The largest absolute Gasteiger partial charge is 0.347 e. The number of H-pyrrole nitrogens is 1. The Morgan fingerprint density at radius 3 is 2.62 bits per heavy atom. The van der Waals surface area contributed by atoms with Crippen LogP contribution in [0.25, 0.3) is 0 Å². The number of imidazole rings is 1. The highest BCUT2D eigenvalue weighted by atomic mass is 14.9. The minimum absolute atomic E-state index is 0.0694. The molecule has 0 saturated heterocycles. The molecule has 0 saturated carbocycles. The number of nitrogens with zero attached hydrogens (tertiary/aromatic N) is 1. The first-order valence-corrected chi connectivity index (χ1v) is 5.02. The maximum atomic E-state index is 6.00. The molecule has 1 rings (SSSR count). The van der Waals surface area contributed by atoms with E-state index in [0.29, 0.717) is 0 Å². The van der Waals surface area contributed by atoms with Crippen LogP contribution in [-0.2, 0) is 0 Å². The maximum Gasteiger partial charge on any atom is 0.123 e. The Labute approximate surface area is 79.8 Å². The molecule has 0 amide bonds. The van der Waals surface area contributed by atoms with E-state index in [-0.39, 0.29) is 6.04 Å². The van der Waals surface area contributed by atoms with Crippen LogP contribution in [0.1, 0.15) is 45.0 Å². The van der Waals surface area contributed by atoms with Gasteiger partial charge < -0.3 is 10.7 Å². The maximum absolute atomic E-state index is 6.00. The summed E-state index contributed by atoms with van der Waals surface area (Å²) in [4.78, 5) is 7.21. The molecule has 1 aromatic heterocycles. The lowest BCUT2D eigenvalue weighted by Gasteiger charge is -2.16. The first-order chi connectivity index (χ1) is 6.27. The SMILES string of the molecule is CCC(CC)CC(N)c1ncc[nH]1. The third-order valence-corrected chi connectivity index (χ3v) is 2.61. The van der Waals surface area contributed by atoms with Crippen LogP contribution in [-0.4, -0.2) is 9.97 Å². The minimum atomic E-state index is 0.0694. The highest BCUT2D eigenvalue weighted by Gasteiger charge is 2.13. The Morgan fingerprint density at radius 2 is 2.15 bits per heavy atom. The Hall–Kier alpha value is -0.830. The van der Waals surface area contributed by atoms with Gasteiger partial charge >= 0.3 is 0 Å². The average molecular weight is 181 g/mol. The quantitative estimate of drug-likeness (QED) is 0.732. The summed E-state index contributed by atoms with van der Waals surface area (Å²) in [5.41, 5.74) is 6.00. The van der Waals surface area contributed by atoms with Gasteiger partial charge in [-0.3, -0.25) is 0 Å². The molecule has 0 aliphatic carbocycles. The van der Waals surface area contributed by atoms with Crippen molar-refractivity contribution in [2.24, 2.45) is 11.7 Å². The summed E-state index contributed by atoms with van der Waals surface area (Å²) in [6, 6.07) is 0.0694. The molecule has 0 aliphatic rings. The summed E-state index contributed by atoms with van der Waals surface area (Å²) in [6.07, 6.45) is 7.00. The van der Waals surface area contributed by atoms with E-state index in [1.165, 1.54) is 12.8 Å². The Morgan fingerprint density at radius 1 is 1.46 bits per heavy atom. The topological polar surface area (TPSA) is 54.7 Å². The Balaban J connectivity index is 2.45. The lowest BCUT2D eigenvalue weighted by molar-refractivity contribution is 0.407. The number of hydrogen-bond acceptors (Lipinski definition) is 2. The van der Waals surface area contributed by atoms with Gasteiger partial charge in [-0.15, -0.1) is 0 Å². The van der Waals surface area contributed by atoms with E-state index in [2.05, 4.69) is 23.8 Å². The third-order valence-electron chi connectivity index (χ3n) is 2.61. The van der Waals surface area contributed by atoms with Gasteiger partial charge in [0.25, 0.3) is 0 Å². The van der Waals surface area contributed by atoms with Crippen LogP contribution < -0.4 is 5.73 Å². The average Bonchev–Trinajstić information content (AvgIpc) is 2.66. The fraction of sp³-hybridized carbons (Fsp3) is 0.700. The van der Waals surface area contributed by atoms with Crippen molar-refractivity contribution in [3.63, 3.8) is 0 Å². The van der Waals surface area contributed by atoms with E-state index in [0.717, 1.165) is 18.2 Å². The van der Waals surface area contributed by atoms with Crippen LogP contribution in [0.5, 0.6) is 0 Å². The summed E-state index contributed by atoms with van der Waals surface area (Å²) < 4.78 is 0. The number of nitrogens with two attached hydrogens (primary N) is 1. The van der Waals surface area contributed by atoms with Crippen molar-refractivity contribution >= 4 is 0 Å². The molecule has 3 heteroatoms. The number of hydrogen-bond donors (Lipinski definition) is 2. The molecule has 1 atom stereocenters. The van der Waals surface area contributed by atoms with Crippen LogP contribution in [0.3, 0.4) is 0 Å². The molecule has 0 aromatic carbocycles. The molecule has 3 N–H and O–H groups in total.